The molecule has 0 aliphatic carbocycles. The third-order valence-electron chi connectivity index (χ3n) is 17.7. The molecule has 558 valence electrons. The van der Waals surface area contributed by atoms with Gasteiger partial charge in [-0.05, 0) is 43.4 Å². The second kappa shape index (κ2) is 65.7. The Morgan fingerprint density at radius 2 is 0.543 bits per heavy atom. The summed E-state index contributed by atoms with van der Waals surface area (Å²) in [6.45, 7) is 11.8. The van der Waals surface area contributed by atoms with Crippen LogP contribution in [0.4, 0.5) is 0 Å². The Bertz CT molecular complexity index is 1840. The molecule has 0 saturated carbocycles. The average molecular weight is 1380 g/mol. The zero-order valence-electron chi connectivity index (χ0n) is 61.4. The maximum atomic E-state index is 13.1. The summed E-state index contributed by atoms with van der Waals surface area (Å²) in [6, 6.07) is 0. The molecule has 0 aliphatic rings. The number of phosphoric acid groups is 2. The maximum Gasteiger partial charge on any atom is 0.472 e. The van der Waals surface area contributed by atoms with Gasteiger partial charge in [0.25, 0.3) is 0 Å². The number of hydrogen-bond acceptors (Lipinski definition) is 15. The van der Waals surface area contributed by atoms with E-state index in [1.807, 2.05) is 0 Å². The van der Waals surface area contributed by atoms with Gasteiger partial charge < -0.3 is 33.8 Å². The van der Waals surface area contributed by atoms with Crippen LogP contribution in [0.25, 0.3) is 0 Å². The molecule has 19 heteroatoms. The topological polar surface area (TPSA) is 237 Å². The quantitative estimate of drug-likeness (QED) is 0.0222. The van der Waals surface area contributed by atoms with Crippen molar-refractivity contribution in [3.8, 4) is 0 Å². The van der Waals surface area contributed by atoms with E-state index in [4.69, 9.17) is 37.0 Å². The van der Waals surface area contributed by atoms with Crippen molar-refractivity contribution in [2.75, 3.05) is 39.6 Å². The van der Waals surface area contributed by atoms with Crippen LogP contribution < -0.4 is 0 Å². The Kier molecular flexibility index (Phi) is 64.3. The van der Waals surface area contributed by atoms with Crippen molar-refractivity contribution in [3.05, 3.63) is 0 Å². The van der Waals surface area contributed by atoms with Crippen molar-refractivity contribution in [1.29, 1.82) is 0 Å². The Morgan fingerprint density at radius 1 is 0.309 bits per heavy atom. The number of unbranched alkanes of at least 4 members (excludes halogenated alkanes) is 40. The summed E-state index contributed by atoms with van der Waals surface area (Å²) in [5.74, 6) is 0.0682. The van der Waals surface area contributed by atoms with Crippen LogP contribution in [0.2, 0.25) is 0 Å². The van der Waals surface area contributed by atoms with E-state index >= 15 is 0 Å². The van der Waals surface area contributed by atoms with Crippen LogP contribution in [0, 0.1) is 17.8 Å². The fraction of sp³-hybridized carbons (Fsp3) is 0.947. The van der Waals surface area contributed by atoms with Gasteiger partial charge in [-0.1, -0.05) is 331 Å². The van der Waals surface area contributed by atoms with E-state index in [1.165, 1.54) is 186 Å². The summed E-state index contributed by atoms with van der Waals surface area (Å²) in [7, 11) is -9.91. The number of carbonyl (C=O) groups is 4. The smallest absolute Gasteiger partial charge is 0.462 e. The first kappa shape index (κ1) is 92.1. The number of rotatable bonds is 73. The molecule has 0 amide bonds. The second-order valence-corrected chi connectivity index (χ2v) is 31.1. The Balaban J connectivity index is 5.20. The molecular formula is C75H146O17P2. The van der Waals surface area contributed by atoms with Gasteiger partial charge in [-0.3, -0.25) is 37.3 Å². The van der Waals surface area contributed by atoms with Crippen molar-refractivity contribution in [2.24, 2.45) is 17.8 Å². The summed E-state index contributed by atoms with van der Waals surface area (Å²) in [5.41, 5.74) is 0. The molecule has 6 atom stereocenters. The van der Waals surface area contributed by atoms with E-state index in [-0.39, 0.29) is 25.7 Å². The Morgan fingerprint density at radius 3 is 0.809 bits per heavy atom. The number of phosphoric ester groups is 2. The number of aliphatic hydroxyl groups is 1. The first-order valence-electron chi connectivity index (χ1n) is 38.9. The number of ether oxygens (including phenoxy) is 4. The number of esters is 4. The zero-order valence-corrected chi connectivity index (χ0v) is 63.2. The first-order valence-corrected chi connectivity index (χ1v) is 41.9. The van der Waals surface area contributed by atoms with Crippen molar-refractivity contribution >= 4 is 39.5 Å². The summed E-state index contributed by atoms with van der Waals surface area (Å²) in [5, 5.41) is 10.6. The van der Waals surface area contributed by atoms with Gasteiger partial charge in [-0.15, -0.1) is 0 Å². The maximum absolute atomic E-state index is 13.1. The monoisotopic (exact) mass is 1380 g/mol. The van der Waals surface area contributed by atoms with Gasteiger partial charge in [0.15, 0.2) is 12.2 Å². The fourth-order valence-corrected chi connectivity index (χ4v) is 13.0. The van der Waals surface area contributed by atoms with E-state index in [9.17, 15) is 43.2 Å². The summed E-state index contributed by atoms with van der Waals surface area (Å²) < 4.78 is 68.4. The SMILES string of the molecule is CCCCCCCCCCCCCCCCCCCCC(=O)OC[C@H](COP(=O)(O)OC[C@@H](O)COP(=O)(O)OC[C@@H](COC(=O)CCCCCCCCC(C)C)OC(=O)CCCCCCCCC(C)C)OC(=O)CCCCCCCCCCCCCCCCC(C)CC. The minimum Gasteiger partial charge on any atom is -0.462 e. The van der Waals surface area contributed by atoms with E-state index < -0.39 is 97.5 Å². The highest BCUT2D eigenvalue weighted by atomic mass is 31.2. The molecule has 0 heterocycles. The van der Waals surface area contributed by atoms with Crippen LogP contribution in [0.1, 0.15) is 382 Å². The molecule has 0 fully saturated rings. The summed E-state index contributed by atoms with van der Waals surface area (Å²) >= 11 is 0. The third-order valence-corrected chi connectivity index (χ3v) is 19.6. The molecule has 0 aromatic heterocycles. The normalized spacial score (nSPS) is 14.4. The number of aliphatic hydroxyl groups excluding tert-OH is 1. The Labute approximate surface area is 575 Å². The molecule has 0 saturated heterocycles. The summed E-state index contributed by atoms with van der Waals surface area (Å²) in [6.07, 6.45) is 51.7. The second-order valence-electron chi connectivity index (χ2n) is 28.2. The van der Waals surface area contributed by atoms with Gasteiger partial charge in [0.05, 0.1) is 26.4 Å². The van der Waals surface area contributed by atoms with Crippen LogP contribution in [0.3, 0.4) is 0 Å². The number of hydrogen-bond donors (Lipinski definition) is 3. The lowest BCUT2D eigenvalue weighted by molar-refractivity contribution is -0.161. The lowest BCUT2D eigenvalue weighted by Gasteiger charge is -2.21. The highest BCUT2D eigenvalue weighted by Crippen LogP contribution is 2.45. The van der Waals surface area contributed by atoms with Gasteiger partial charge in [-0.25, -0.2) is 9.13 Å². The van der Waals surface area contributed by atoms with Crippen molar-refractivity contribution < 1.29 is 80.2 Å². The van der Waals surface area contributed by atoms with Crippen molar-refractivity contribution in [3.63, 3.8) is 0 Å². The molecule has 0 aliphatic heterocycles. The minimum atomic E-state index is -4.96. The number of carbonyl (C=O) groups excluding carboxylic acids is 4. The van der Waals surface area contributed by atoms with Crippen molar-refractivity contribution in [2.45, 2.75) is 401 Å². The first-order chi connectivity index (χ1) is 45.3. The van der Waals surface area contributed by atoms with Crippen LogP contribution in [-0.4, -0.2) is 96.7 Å². The minimum absolute atomic E-state index is 0.101. The van der Waals surface area contributed by atoms with Gasteiger partial charge in [0.2, 0.25) is 0 Å². The third kappa shape index (κ3) is 67.3. The van der Waals surface area contributed by atoms with Crippen LogP contribution >= 0.6 is 15.6 Å². The van der Waals surface area contributed by atoms with Gasteiger partial charge in [0.1, 0.15) is 19.3 Å². The van der Waals surface area contributed by atoms with Crippen LogP contribution in [-0.2, 0) is 65.4 Å². The van der Waals surface area contributed by atoms with E-state index in [1.54, 1.807) is 0 Å². The fourth-order valence-electron chi connectivity index (χ4n) is 11.4. The molecule has 3 unspecified atom stereocenters. The highest BCUT2D eigenvalue weighted by molar-refractivity contribution is 7.47. The van der Waals surface area contributed by atoms with Crippen molar-refractivity contribution in [1.82, 2.24) is 0 Å². The highest BCUT2D eigenvalue weighted by Gasteiger charge is 2.30. The molecule has 94 heavy (non-hydrogen) atoms. The van der Waals surface area contributed by atoms with E-state index in [0.717, 1.165) is 102 Å². The standard InChI is InChI=1S/C75H146O17P2/c1-8-10-11-12-13-14-15-16-17-18-19-20-24-27-30-33-42-49-56-72(77)85-62-70(91-74(79)58-51-44-34-31-28-25-22-21-23-26-29-32-41-48-55-68(7)9-2)64-89-93(81,82)87-60-69(76)61-88-94(83,84)90-65-71(92-75(80)59-52-45-38-36-40-47-54-67(5)6)63-86-73(78)57-50-43-37-35-39-46-53-66(3)4/h66-71,76H,8-65H2,1-7H3,(H,81,82)(H,83,84)/t68?,69-,70-,71-/m1/s1. The molecule has 0 radical (unpaired) electrons. The van der Waals surface area contributed by atoms with Gasteiger partial charge >= 0.3 is 39.5 Å². The van der Waals surface area contributed by atoms with E-state index in [2.05, 4.69) is 48.5 Å². The lowest BCUT2D eigenvalue weighted by Crippen LogP contribution is -2.30. The molecule has 0 aromatic carbocycles. The average Bonchev–Trinajstić information content (AvgIpc) is 1.21. The lowest BCUT2D eigenvalue weighted by atomic mass is 9.99. The molecule has 0 rings (SSSR count). The van der Waals surface area contributed by atoms with Crippen LogP contribution in [0.5, 0.6) is 0 Å². The van der Waals surface area contributed by atoms with Crippen LogP contribution in [0.15, 0.2) is 0 Å². The Hall–Kier alpha value is -1.94. The summed E-state index contributed by atoms with van der Waals surface area (Å²) in [4.78, 5) is 72.6. The largest absolute Gasteiger partial charge is 0.472 e. The van der Waals surface area contributed by atoms with E-state index in [0.29, 0.717) is 37.5 Å². The molecule has 3 N–H and O–H groups in total. The molecule has 0 aromatic rings. The molecule has 17 nitrogen and oxygen atoms in total. The molecule has 0 bridgehead atoms. The van der Waals surface area contributed by atoms with Gasteiger partial charge in [0, 0.05) is 25.7 Å². The molecular weight excluding hydrogens is 1230 g/mol. The predicted molar refractivity (Wildman–Crippen MR) is 381 cm³/mol. The zero-order chi connectivity index (χ0) is 69.4. The molecule has 0 spiro atoms. The predicted octanol–water partition coefficient (Wildman–Crippen LogP) is 21.8. The van der Waals surface area contributed by atoms with Gasteiger partial charge in [-0.2, -0.15) is 0 Å².